The summed E-state index contributed by atoms with van der Waals surface area (Å²) in [5.74, 6) is 0.730. The van der Waals surface area contributed by atoms with Crippen molar-refractivity contribution in [3.8, 4) is 0 Å². The Kier molecular flexibility index (Phi) is 2.99. The van der Waals surface area contributed by atoms with Gasteiger partial charge in [-0.15, -0.1) is 0 Å². The van der Waals surface area contributed by atoms with E-state index in [1.54, 1.807) is 10.9 Å². The van der Waals surface area contributed by atoms with E-state index in [0.29, 0.717) is 12.2 Å². The van der Waals surface area contributed by atoms with Crippen molar-refractivity contribution in [2.45, 2.75) is 20.4 Å². The first-order chi connectivity index (χ1) is 8.08. The molecule has 0 radical (unpaired) electrons. The highest BCUT2D eigenvalue weighted by atomic mass is 15.3. The van der Waals surface area contributed by atoms with Gasteiger partial charge >= 0.3 is 0 Å². The third-order valence-electron chi connectivity index (χ3n) is 2.77. The van der Waals surface area contributed by atoms with Crippen LogP contribution in [0.25, 0.3) is 0 Å². The van der Waals surface area contributed by atoms with Crippen molar-refractivity contribution in [3.63, 3.8) is 0 Å². The summed E-state index contributed by atoms with van der Waals surface area (Å²) in [5, 5.41) is 7.52. The van der Waals surface area contributed by atoms with E-state index in [-0.39, 0.29) is 0 Å². The number of nitrogens with two attached hydrogens (primary N) is 1. The number of nitrogens with one attached hydrogen (secondary N) is 1. The molecule has 0 bridgehead atoms. The molecule has 0 aliphatic rings. The van der Waals surface area contributed by atoms with Crippen LogP contribution in [0.15, 0.2) is 18.5 Å². The van der Waals surface area contributed by atoms with E-state index in [1.165, 1.54) is 0 Å². The van der Waals surface area contributed by atoms with Crippen LogP contribution in [-0.2, 0) is 13.6 Å². The molecule has 2 rings (SSSR count). The summed E-state index contributed by atoms with van der Waals surface area (Å²) in [6, 6.07) is 1.90. The van der Waals surface area contributed by atoms with Gasteiger partial charge in [0.1, 0.15) is 5.82 Å². The molecule has 0 aromatic carbocycles. The first-order valence-corrected chi connectivity index (χ1v) is 5.52. The lowest BCUT2D eigenvalue weighted by Gasteiger charge is -2.09. The normalized spacial score (nSPS) is 10.5. The molecule has 5 heteroatoms. The van der Waals surface area contributed by atoms with Gasteiger partial charge in [0.05, 0.1) is 11.4 Å². The lowest BCUT2D eigenvalue weighted by molar-refractivity contribution is 0.756. The van der Waals surface area contributed by atoms with Crippen molar-refractivity contribution in [3.05, 3.63) is 35.3 Å². The number of pyridine rings is 1. The van der Waals surface area contributed by atoms with Gasteiger partial charge in [0.2, 0.25) is 0 Å². The second-order valence-electron chi connectivity index (χ2n) is 4.16. The summed E-state index contributed by atoms with van der Waals surface area (Å²) in [6.45, 7) is 4.64. The predicted molar refractivity (Wildman–Crippen MR) is 68.7 cm³/mol. The highest BCUT2D eigenvalue weighted by molar-refractivity contribution is 5.64. The maximum absolute atomic E-state index is 5.94. The van der Waals surface area contributed by atoms with Crippen LogP contribution in [0.1, 0.15) is 16.8 Å². The van der Waals surface area contributed by atoms with E-state index in [2.05, 4.69) is 15.4 Å². The van der Waals surface area contributed by atoms with Crippen LogP contribution >= 0.6 is 0 Å². The maximum atomic E-state index is 5.94. The number of hydrogen-bond acceptors (Lipinski definition) is 4. The van der Waals surface area contributed by atoms with Crippen molar-refractivity contribution in [1.29, 1.82) is 0 Å². The van der Waals surface area contributed by atoms with Gasteiger partial charge in [0.25, 0.3) is 0 Å². The van der Waals surface area contributed by atoms with Gasteiger partial charge in [-0.2, -0.15) is 5.10 Å². The topological polar surface area (TPSA) is 68.8 Å². The highest BCUT2D eigenvalue weighted by Crippen LogP contribution is 2.19. The van der Waals surface area contributed by atoms with Crippen molar-refractivity contribution in [2.75, 3.05) is 11.1 Å². The first-order valence-electron chi connectivity index (χ1n) is 5.52. The van der Waals surface area contributed by atoms with Gasteiger partial charge < -0.3 is 11.1 Å². The minimum atomic E-state index is 0.681. The minimum absolute atomic E-state index is 0.681. The Labute approximate surface area is 101 Å². The molecule has 0 saturated carbocycles. The quantitative estimate of drug-likeness (QED) is 0.842. The molecule has 90 valence electrons. The lowest BCUT2D eigenvalue weighted by Crippen LogP contribution is -2.05. The van der Waals surface area contributed by atoms with Gasteiger partial charge in [0.15, 0.2) is 0 Å². The molecule has 0 unspecified atom stereocenters. The molecule has 2 aromatic rings. The second kappa shape index (κ2) is 4.45. The Morgan fingerprint density at radius 1 is 1.41 bits per heavy atom. The Morgan fingerprint density at radius 2 is 2.18 bits per heavy atom. The summed E-state index contributed by atoms with van der Waals surface area (Å²) in [7, 11) is 1.91. The molecule has 0 fully saturated rings. The standard InChI is InChI=1S/C12H17N5/c1-8-4-5-14-12(11(8)13)15-6-10-7-17(3)16-9(10)2/h4-5,7H,6,13H2,1-3H3,(H,14,15). The third-order valence-corrected chi connectivity index (χ3v) is 2.77. The molecule has 2 aromatic heterocycles. The molecule has 5 nitrogen and oxygen atoms in total. The van der Waals surface area contributed by atoms with Crippen molar-refractivity contribution in [2.24, 2.45) is 7.05 Å². The molecule has 3 N–H and O–H groups in total. The molecular weight excluding hydrogens is 214 g/mol. The van der Waals surface area contributed by atoms with Crippen LogP contribution in [0.4, 0.5) is 11.5 Å². The Morgan fingerprint density at radius 3 is 2.82 bits per heavy atom. The fourth-order valence-corrected chi connectivity index (χ4v) is 1.71. The van der Waals surface area contributed by atoms with Crippen LogP contribution in [0.3, 0.4) is 0 Å². The second-order valence-corrected chi connectivity index (χ2v) is 4.16. The van der Waals surface area contributed by atoms with Crippen LogP contribution in [0.5, 0.6) is 0 Å². The Hall–Kier alpha value is -2.04. The molecule has 0 spiro atoms. The zero-order chi connectivity index (χ0) is 12.4. The average molecular weight is 231 g/mol. The van der Waals surface area contributed by atoms with Crippen molar-refractivity contribution >= 4 is 11.5 Å². The number of anilines is 2. The zero-order valence-electron chi connectivity index (χ0n) is 10.4. The van der Waals surface area contributed by atoms with Gasteiger partial charge in [-0.05, 0) is 25.5 Å². The van der Waals surface area contributed by atoms with E-state index in [1.807, 2.05) is 33.2 Å². The monoisotopic (exact) mass is 231 g/mol. The van der Waals surface area contributed by atoms with E-state index in [0.717, 1.165) is 22.6 Å². The Bertz CT molecular complexity index is 530. The number of nitrogen functional groups attached to an aromatic ring is 1. The third kappa shape index (κ3) is 2.38. The van der Waals surface area contributed by atoms with Crippen LogP contribution in [0, 0.1) is 13.8 Å². The SMILES string of the molecule is Cc1ccnc(NCc2cn(C)nc2C)c1N. The minimum Gasteiger partial charge on any atom is -0.396 e. The van der Waals surface area contributed by atoms with Gasteiger partial charge in [-0.1, -0.05) is 0 Å². The van der Waals surface area contributed by atoms with Crippen LogP contribution in [0.2, 0.25) is 0 Å². The number of nitrogens with zero attached hydrogens (tertiary/aromatic N) is 3. The Balaban J connectivity index is 2.12. The van der Waals surface area contributed by atoms with E-state index in [4.69, 9.17) is 5.73 Å². The molecule has 0 amide bonds. The lowest BCUT2D eigenvalue weighted by atomic mass is 10.2. The molecule has 0 aliphatic carbocycles. The van der Waals surface area contributed by atoms with E-state index >= 15 is 0 Å². The molecular formula is C12H17N5. The number of hydrogen-bond donors (Lipinski definition) is 2. The van der Waals surface area contributed by atoms with Gasteiger partial charge in [-0.3, -0.25) is 4.68 Å². The van der Waals surface area contributed by atoms with E-state index < -0.39 is 0 Å². The predicted octanol–water partition coefficient (Wildman–Crippen LogP) is 1.63. The molecule has 17 heavy (non-hydrogen) atoms. The van der Waals surface area contributed by atoms with Crippen molar-refractivity contribution in [1.82, 2.24) is 14.8 Å². The number of aryl methyl sites for hydroxylation is 3. The smallest absolute Gasteiger partial charge is 0.149 e. The largest absolute Gasteiger partial charge is 0.396 e. The number of rotatable bonds is 3. The summed E-state index contributed by atoms with van der Waals surface area (Å²) >= 11 is 0. The fourth-order valence-electron chi connectivity index (χ4n) is 1.71. The van der Waals surface area contributed by atoms with Gasteiger partial charge in [-0.25, -0.2) is 4.98 Å². The highest BCUT2D eigenvalue weighted by Gasteiger charge is 2.06. The molecule has 0 atom stereocenters. The average Bonchev–Trinajstić information content (AvgIpc) is 2.60. The summed E-state index contributed by atoms with van der Waals surface area (Å²) < 4.78 is 1.80. The molecule has 0 saturated heterocycles. The maximum Gasteiger partial charge on any atom is 0.149 e. The number of aromatic nitrogens is 3. The van der Waals surface area contributed by atoms with Crippen LogP contribution < -0.4 is 11.1 Å². The molecule has 0 aliphatic heterocycles. The molecule has 2 heterocycles. The summed E-state index contributed by atoms with van der Waals surface area (Å²) in [4.78, 5) is 4.23. The summed E-state index contributed by atoms with van der Waals surface area (Å²) in [5.41, 5.74) is 9.85. The summed E-state index contributed by atoms with van der Waals surface area (Å²) in [6.07, 6.45) is 3.75. The van der Waals surface area contributed by atoms with Crippen molar-refractivity contribution < 1.29 is 0 Å². The fraction of sp³-hybridized carbons (Fsp3) is 0.333. The van der Waals surface area contributed by atoms with Gasteiger partial charge in [0, 0.05) is 31.5 Å². The van der Waals surface area contributed by atoms with Crippen LogP contribution in [-0.4, -0.2) is 14.8 Å². The zero-order valence-corrected chi connectivity index (χ0v) is 10.4. The van der Waals surface area contributed by atoms with E-state index in [9.17, 15) is 0 Å². The first kappa shape index (κ1) is 11.4.